The first-order valence-electron chi connectivity index (χ1n) is 12.5. The lowest BCUT2D eigenvalue weighted by Crippen LogP contribution is -2.47. The van der Waals surface area contributed by atoms with Crippen molar-refractivity contribution >= 4 is 40.2 Å². The third-order valence-corrected chi connectivity index (χ3v) is 9.03. The molecule has 3 aromatic rings. The summed E-state index contributed by atoms with van der Waals surface area (Å²) < 4.78 is 16.7. The zero-order valence-corrected chi connectivity index (χ0v) is 21.2. The van der Waals surface area contributed by atoms with Crippen LogP contribution in [0.5, 0.6) is 0 Å². The molecule has 0 N–H and O–H groups in total. The van der Waals surface area contributed by atoms with E-state index >= 15 is 0 Å². The summed E-state index contributed by atoms with van der Waals surface area (Å²) >= 11 is 1.70. The van der Waals surface area contributed by atoms with Gasteiger partial charge in [-0.25, -0.2) is 8.70 Å². The molecule has 0 saturated carbocycles. The minimum atomic E-state index is -0.340. The predicted octanol–water partition coefficient (Wildman–Crippen LogP) is 4.53. The first-order valence-corrected chi connectivity index (χ1v) is 13.7. The molecule has 1 spiro atoms. The minimum Gasteiger partial charge on any atom is -0.370 e. The Morgan fingerprint density at radius 1 is 1.03 bits per heavy atom. The van der Waals surface area contributed by atoms with E-state index in [0.717, 1.165) is 42.7 Å². The van der Waals surface area contributed by atoms with Gasteiger partial charge in [0.25, 0.3) is 5.91 Å². The quantitative estimate of drug-likeness (QED) is 0.489. The number of pyridine rings is 1. The number of piperazine rings is 1. The van der Waals surface area contributed by atoms with E-state index in [9.17, 15) is 14.0 Å². The Morgan fingerprint density at radius 2 is 1.78 bits per heavy atom. The van der Waals surface area contributed by atoms with E-state index in [-0.39, 0.29) is 22.9 Å². The molecule has 186 valence electrons. The van der Waals surface area contributed by atoms with Crippen LogP contribution in [0.1, 0.15) is 45.5 Å². The molecule has 6 rings (SSSR count). The van der Waals surface area contributed by atoms with Gasteiger partial charge in [0.05, 0.1) is 16.8 Å². The number of carbonyl (C=O) groups is 2. The monoisotopic (exact) mass is 504 g/mol. The van der Waals surface area contributed by atoms with Gasteiger partial charge in [0, 0.05) is 68.3 Å². The molecule has 0 bridgehead atoms. The number of fused-ring (bicyclic) bond motifs is 3. The zero-order chi connectivity index (χ0) is 24.9. The van der Waals surface area contributed by atoms with E-state index in [1.54, 1.807) is 24.2 Å². The number of carbonyl (C=O) groups excluding carboxylic acids is 2. The van der Waals surface area contributed by atoms with E-state index < -0.39 is 0 Å². The van der Waals surface area contributed by atoms with Crippen molar-refractivity contribution in [3.63, 3.8) is 0 Å². The van der Waals surface area contributed by atoms with Crippen LogP contribution in [0.4, 0.5) is 10.1 Å². The van der Waals surface area contributed by atoms with Crippen LogP contribution in [-0.4, -0.2) is 71.4 Å². The van der Waals surface area contributed by atoms with Gasteiger partial charge in [-0.1, -0.05) is 36.2 Å². The molecular formula is C28H29FN4O2S. The summed E-state index contributed by atoms with van der Waals surface area (Å²) in [7, 11) is 0. The molecule has 2 saturated heterocycles. The molecule has 0 unspecified atom stereocenters. The van der Waals surface area contributed by atoms with Crippen molar-refractivity contribution < 1.29 is 14.0 Å². The number of halogens is 1. The Morgan fingerprint density at radius 3 is 2.53 bits per heavy atom. The highest BCUT2D eigenvalue weighted by Gasteiger charge is 2.45. The highest BCUT2D eigenvalue weighted by Crippen LogP contribution is 2.47. The van der Waals surface area contributed by atoms with E-state index in [4.69, 9.17) is 0 Å². The van der Waals surface area contributed by atoms with Crippen LogP contribution in [0.2, 0.25) is 0 Å². The largest absolute Gasteiger partial charge is 0.370 e. The molecule has 8 heteroatoms. The molecule has 1 aliphatic carbocycles. The molecule has 3 aliphatic rings. The maximum Gasteiger partial charge on any atom is 0.257 e. The second-order valence-electron chi connectivity index (χ2n) is 10.00. The van der Waals surface area contributed by atoms with E-state index in [1.165, 1.54) is 12.1 Å². The summed E-state index contributed by atoms with van der Waals surface area (Å²) in [6.45, 7) is 4.33. The first-order chi connectivity index (χ1) is 17.5. The number of Topliss-reactive ketones (excluding diaryl/α,β-unsaturated/α-hetero) is 1. The SMILES string of the molecule is CSN1CCN(C(=O)c2cnc3ccc(F)cc3c2N2CCC3(CC2)CC(=O)c2ccccc23)CC1. The summed E-state index contributed by atoms with van der Waals surface area (Å²) in [5.74, 6) is -0.172. The van der Waals surface area contributed by atoms with Gasteiger partial charge in [-0.3, -0.25) is 14.6 Å². The molecular weight excluding hydrogens is 475 g/mol. The van der Waals surface area contributed by atoms with E-state index in [0.29, 0.717) is 49.1 Å². The van der Waals surface area contributed by atoms with Crippen LogP contribution in [0.25, 0.3) is 10.9 Å². The Kier molecular flexibility index (Phi) is 5.96. The molecule has 1 amide bonds. The fraction of sp³-hybridized carbons (Fsp3) is 0.393. The van der Waals surface area contributed by atoms with Crippen LogP contribution >= 0.6 is 11.9 Å². The average molecular weight is 505 g/mol. The standard InChI is InChI=1S/C28H29FN4O2S/c1-36-33-14-12-32(13-15-33)27(35)22-18-30-24-7-6-19(29)16-21(24)26(22)31-10-8-28(9-11-31)17-25(34)20-4-2-3-5-23(20)28/h2-7,16,18H,8-15,17H2,1H3. The lowest BCUT2D eigenvalue weighted by atomic mass is 9.73. The number of benzene rings is 2. The van der Waals surface area contributed by atoms with Gasteiger partial charge in [-0.2, -0.15) is 0 Å². The molecule has 36 heavy (non-hydrogen) atoms. The van der Waals surface area contributed by atoms with Gasteiger partial charge in [-0.15, -0.1) is 0 Å². The number of aromatic nitrogens is 1. The Hall–Kier alpha value is -2.97. The maximum absolute atomic E-state index is 14.4. The Bertz CT molecular complexity index is 1350. The first kappa shape index (κ1) is 23.4. The molecule has 3 heterocycles. The molecule has 2 fully saturated rings. The van der Waals surface area contributed by atoms with Gasteiger partial charge in [-0.05, 0) is 42.9 Å². The lowest BCUT2D eigenvalue weighted by molar-refractivity contribution is 0.0704. The summed E-state index contributed by atoms with van der Waals surface area (Å²) in [5, 5.41) is 0.669. The summed E-state index contributed by atoms with van der Waals surface area (Å²) in [6.07, 6.45) is 5.88. The van der Waals surface area contributed by atoms with Gasteiger partial charge in [0.2, 0.25) is 0 Å². The molecule has 6 nitrogen and oxygen atoms in total. The number of anilines is 1. The fourth-order valence-electron chi connectivity index (χ4n) is 6.18. The van der Waals surface area contributed by atoms with Crippen LogP contribution in [0.15, 0.2) is 48.7 Å². The van der Waals surface area contributed by atoms with Crippen LogP contribution < -0.4 is 4.90 Å². The molecule has 0 atom stereocenters. The number of rotatable bonds is 3. The summed E-state index contributed by atoms with van der Waals surface area (Å²) in [5.41, 5.74) is 3.83. The minimum absolute atomic E-state index is 0.0499. The van der Waals surface area contributed by atoms with Crippen molar-refractivity contribution in [1.29, 1.82) is 0 Å². The third-order valence-electron chi connectivity index (χ3n) is 8.15. The highest BCUT2D eigenvalue weighted by atomic mass is 32.2. The number of amides is 1. The maximum atomic E-state index is 14.4. The van der Waals surface area contributed by atoms with Gasteiger partial charge < -0.3 is 9.80 Å². The normalized spacial score (nSPS) is 19.8. The lowest BCUT2D eigenvalue weighted by Gasteiger charge is -2.42. The average Bonchev–Trinajstić information content (AvgIpc) is 3.19. The van der Waals surface area contributed by atoms with Crippen molar-refractivity contribution in [2.24, 2.45) is 0 Å². The number of hydrogen-bond acceptors (Lipinski definition) is 6. The number of hydrogen-bond donors (Lipinski definition) is 0. The van der Waals surface area contributed by atoms with Crippen molar-refractivity contribution in [3.05, 3.63) is 71.2 Å². The molecule has 1 aromatic heterocycles. The van der Waals surface area contributed by atoms with Crippen molar-refractivity contribution in [1.82, 2.24) is 14.2 Å². The second-order valence-corrected chi connectivity index (χ2v) is 10.9. The topological polar surface area (TPSA) is 56.8 Å². The number of piperidine rings is 1. The van der Waals surface area contributed by atoms with Gasteiger partial charge in [0.1, 0.15) is 5.82 Å². The zero-order valence-electron chi connectivity index (χ0n) is 20.4. The van der Waals surface area contributed by atoms with Crippen molar-refractivity contribution in [2.75, 3.05) is 50.4 Å². The molecule has 2 aliphatic heterocycles. The Balaban J connectivity index is 1.35. The number of nitrogens with zero attached hydrogens (tertiary/aromatic N) is 4. The highest BCUT2D eigenvalue weighted by molar-refractivity contribution is 7.96. The number of ketones is 1. The summed E-state index contributed by atoms with van der Waals surface area (Å²) in [4.78, 5) is 35.1. The second kappa shape index (κ2) is 9.16. The molecule has 2 aromatic carbocycles. The fourth-order valence-corrected chi connectivity index (χ4v) is 6.71. The third kappa shape index (κ3) is 3.87. The van der Waals surface area contributed by atoms with Gasteiger partial charge >= 0.3 is 0 Å². The summed E-state index contributed by atoms with van der Waals surface area (Å²) in [6, 6.07) is 12.6. The smallest absolute Gasteiger partial charge is 0.257 e. The van der Waals surface area contributed by atoms with Crippen molar-refractivity contribution in [3.8, 4) is 0 Å². The molecule has 0 radical (unpaired) electrons. The van der Waals surface area contributed by atoms with Gasteiger partial charge in [0.15, 0.2) is 5.78 Å². The Labute approximate surface area is 214 Å². The van der Waals surface area contributed by atoms with Crippen molar-refractivity contribution in [2.45, 2.75) is 24.7 Å². The van der Waals surface area contributed by atoms with Crippen LogP contribution in [0.3, 0.4) is 0 Å². The van der Waals surface area contributed by atoms with Crippen LogP contribution in [-0.2, 0) is 5.41 Å². The van der Waals surface area contributed by atoms with Crippen LogP contribution in [0, 0.1) is 5.82 Å². The van der Waals surface area contributed by atoms with E-state index in [1.807, 2.05) is 23.1 Å². The predicted molar refractivity (Wildman–Crippen MR) is 141 cm³/mol. The van der Waals surface area contributed by atoms with E-state index in [2.05, 4.69) is 26.5 Å².